The van der Waals surface area contributed by atoms with Gasteiger partial charge in [0.05, 0.1) is 24.3 Å². The van der Waals surface area contributed by atoms with Crippen molar-refractivity contribution in [3.63, 3.8) is 0 Å². The molecule has 29 heavy (non-hydrogen) atoms. The molecule has 1 aromatic heterocycles. The van der Waals surface area contributed by atoms with Gasteiger partial charge in [-0.1, -0.05) is 56.3 Å². The van der Waals surface area contributed by atoms with E-state index in [4.69, 9.17) is 4.74 Å². The Kier molecular flexibility index (Phi) is 5.74. The zero-order chi connectivity index (χ0) is 20.5. The van der Waals surface area contributed by atoms with Crippen molar-refractivity contribution >= 4 is 10.9 Å². The molecule has 0 spiro atoms. The summed E-state index contributed by atoms with van der Waals surface area (Å²) in [4.78, 5) is 0. The summed E-state index contributed by atoms with van der Waals surface area (Å²) >= 11 is 0. The van der Waals surface area contributed by atoms with Crippen molar-refractivity contribution in [2.24, 2.45) is 5.92 Å². The van der Waals surface area contributed by atoms with Crippen LogP contribution in [0.4, 0.5) is 0 Å². The molecule has 0 saturated carbocycles. The second-order valence-corrected chi connectivity index (χ2v) is 8.01. The van der Waals surface area contributed by atoms with Crippen LogP contribution in [0.1, 0.15) is 36.8 Å². The number of nitrogens with zero attached hydrogens (tertiary/aromatic N) is 1. The van der Waals surface area contributed by atoms with Gasteiger partial charge in [0.2, 0.25) is 0 Å². The van der Waals surface area contributed by atoms with Crippen molar-refractivity contribution in [3.8, 4) is 0 Å². The highest BCUT2D eigenvalue weighted by atomic mass is 16.5. The first kappa shape index (κ1) is 20.1. The molecule has 154 valence electrons. The Balaban J connectivity index is 1.72. The highest BCUT2D eigenvalue weighted by Crippen LogP contribution is 2.35. The number of ether oxygens (including phenoxy) is 1. The first-order valence-electron chi connectivity index (χ1n) is 10.3. The van der Waals surface area contributed by atoms with Gasteiger partial charge in [-0.15, -0.1) is 0 Å². The Morgan fingerprint density at radius 1 is 0.966 bits per heavy atom. The van der Waals surface area contributed by atoms with Gasteiger partial charge in [0.25, 0.3) is 0 Å². The molecule has 2 aromatic carbocycles. The number of fused-ring (bicyclic) bond motifs is 1. The highest BCUT2D eigenvalue weighted by molar-refractivity contribution is 5.84. The van der Waals surface area contributed by atoms with Gasteiger partial charge >= 0.3 is 0 Å². The number of hydrogen-bond acceptors (Lipinski definition) is 4. The van der Waals surface area contributed by atoms with Crippen LogP contribution >= 0.6 is 0 Å². The fourth-order valence-corrected chi connectivity index (χ4v) is 4.26. The summed E-state index contributed by atoms with van der Waals surface area (Å²) in [5, 5.41) is 32.0. The van der Waals surface area contributed by atoms with E-state index in [9.17, 15) is 15.3 Å². The van der Waals surface area contributed by atoms with E-state index in [2.05, 4.69) is 37.3 Å². The van der Waals surface area contributed by atoms with Crippen molar-refractivity contribution in [2.45, 2.75) is 51.2 Å². The number of para-hydroxylation sites is 1. The summed E-state index contributed by atoms with van der Waals surface area (Å²) in [6.07, 6.45) is 0.483. The van der Waals surface area contributed by atoms with Crippen molar-refractivity contribution in [2.75, 3.05) is 6.61 Å². The molecule has 2 heterocycles. The third kappa shape index (κ3) is 3.71. The van der Waals surface area contributed by atoms with Gasteiger partial charge in [-0.05, 0) is 35.6 Å². The molecule has 0 bridgehead atoms. The molecule has 5 heteroatoms. The first-order chi connectivity index (χ1) is 14.0. The number of aliphatic hydroxyl groups excluding tert-OH is 3. The van der Waals surface area contributed by atoms with E-state index in [1.165, 1.54) is 11.1 Å². The lowest BCUT2D eigenvalue weighted by Gasteiger charge is -2.41. The van der Waals surface area contributed by atoms with E-state index in [-0.39, 0.29) is 12.5 Å². The summed E-state index contributed by atoms with van der Waals surface area (Å²) in [5.74, 6) is -0.343. The number of hydrogen-bond donors (Lipinski definition) is 3. The second kappa shape index (κ2) is 8.28. The fourth-order valence-electron chi connectivity index (χ4n) is 4.26. The SMILES string of the molecule is CCc1ccc(Cc2cn(C3OC(CO)C(C)C(O)[C@H]3O)c3ccccc23)cc1. The van der Waals surface area contributed by atoms with Gasteiger partial charge in [0.15, 0.2) is 6.23 Å². The molecule has 1 aliphatic heterocycles. The molecular weight excluding hydrogens is 366 g/mol. The van der Waals surface area contributed by atoms with E-state index in [0.29, 0.717) is 0 Å². The molecular formula is C24H29NO4. The molecule has 1 aliphatic rings. The van der Waals surface area contributed by atoms with E-state index in [1.807, 2.05) is 29.0 Å². The Hall–Kier alpha value is -2.18. The molecule has 4 rings (SSSR count). The van der Waals surface area contributed by atoms with Gasteiger partial charge in [0.1, 0.15) is 6.10 Å². The molecule has 3 N–H and O–H groups in total. The molecule has 0 radical (unpaired) electrons. The minimum Gasteiger partial charge on any atom is -0.394 e. The maximum absolute atomic E-state index is 10.7. The Labute approximate surface area is 171 Å². The van der Waals surface area contributed by atoms with E-state index >= 15 is 0 Å². The van der Waals surface area contributed by atoms with Crippen LogP contribution in [0.5, 0.6) is 0 Å². The molecule has 3 aromatic rings. The number of aryl methyl sites for hydroxylation is 1. The normalized spacial score (nSPS) is 27.4. The third-order valence-electron chi connectivity index (χ3n) is 6.18. The molecule has 0 aliphatic carbocycles. The van der Waals surface area contributed by atoms with Crippen LogP contribution < -0.4 is 0 Å². The summed E-state index contributed by atoms with van der Waals surface area (Å²) in [5.41, 5.74) is 4.61. The van der Waals surface area contributed by atoms with E-state index < -0.39 is 24.5 Å². The largest absolute Gasteiger partial charge is 0.394 e. The monoisotopic (exact) mass is 395 g/mol. The van der Waals surface area contributed by atoms with Gasteiger partial charge in [-0.2, -0.15) is 0 Å². The maximum Gasteiger partial charge on any atom is 0.163 e. The number of benzene rings is 2. The predicted octanol–water partition coefficient (Wildman–Crippen LogP) is 3.04. The van der Waals surface area contributed by atoms with Gasteiger partial charge in [-0.3, -0.25) is 0 Å². The number of aliphatic hydroxyl groups is 3. The average Bonchev–Trinajstić information content (AvgIpc) is 3.11. The van der Waals surface area contributed by atoms with Gasteiger partial charge in [0, 0.05) is 17.5 Å². The lowest BCUT2D eigenvalue weighted by Crippen LogP contribution is -2.52. The lowest BCUT2D eigenvalue weighted by atomic mass is 9.90. The van der Waals surface area contributed by atoms with Crippen LogP contribution in [0, 0.1) is 5.92 Å². The zero-order valence-electron chi connectivity index (χ0n) is 16.9. The molecule has 1 saturated heterocycles. The van der Waals surface area contributed by atoms with Crippen LogP contribution in [0.3, 0.4) is 0 Å². The molecule has 1 fully saturated rings. The zero-order valence-corrected chi connectivity index (χ0v) is 16.9. The molecule has 5 atom stereocenters. The Morgan fingerprint density at radius 2 is 1.66 bits per heavy atom. The molecule has 4 unspecified atom stereocenters. The van der Waals surface area contributed by atoms with E-state index in [0.717, 1.165) is 29.3 Å². The maximum atomic E-state index is 10.7. The standard InChI is InChI=1S/C24H29NO4/c1-3-16-8-10-17(11-9-16)12-18-13-25(20-7-5-4-6-19(18)20)24-23(28)22(27)15(2)21(14-26)29-24/h4-11,13,15,21-24,26-28H,3,12,14H2,1-2H3/t15?,21?,22?,23-,24?/m1/s1. The highest BCUT2D eigenvalue weighted by Gasteiger charge is 2.43. The Morgan fingerprint density at radius 3 is 2.34 bits per heavy atom. The number of aromatic nitrogens is 1. The van der Waals surface area contributed by atoms with Crippen LogP contribution in [0.15, 0.2) is 54.7 Å². The van der Waals surface area contributed by atoms with Crippen LogP contribution in [0.2, 0.25) is 0 Å². The van der Waals surface area contributed by atoms with E-state index in [1.54, 1.807) is 6.92 Å². The fraction of sp³-hybridized carbons (Fsp3) is 0.417. The van der Waals surface area contributed by atoms with Crippen LogP contribution in [0.25, 0.3) is 10.9 Å². The minimum absolute atomic E-state index is 0.197. The summed E-state index contributed by atoms with van der Waals surface area (Å²) < 4.78 is 7.92. The van der Waals surface area contributed by atoms with Crippen LogP contribution in [-0.2, 0) is 17.6 Å². The third-order valence-corrected chi connectivity index (χ3v) is 6.18. The van der Waals surface area contributed by atoms with Gasteiger partial charge in [-0.25, -0.2) is 0 Å². The second-order valence-electron chi connectivity index (χ2n) is 8.01. The Bertz CT molecular complexity index is 963. The molecule has 0 amide bonds. The summed E-state index contributed by atoms with van der Waals surface area (Å²) in [6.45, 7) is 3.73. The summed E-state index contributed by atoms with van der Waals surface area (Å²) in [7, 11) is 0. The van der Waals surface area contributed by atoms with Crippen LogP contribution in [-0.4, -0.2) is 44.8 Å². The topological polar surface area (TPSA) is 74.9 Å². The molecule has 5 nitrogen and oxygen atoms in total. The quantitative estimate of drug-likeness (QED) is 0.621. The lowest BCUT2D eigenvalue weighted by molar-refractivity contribution is -0.228. The number of rotatable bonds is 5. The van der Waals surface area contributed by atoms with Crippen molar-refractivity contribution in [1.82, 2.24) is 4.57 Å². The average molecular weight is 395 g/mol. The first-order valence-corrected chi connectivity index (χ1v) is 10.3. The minimum atomic E-state index is -1.07. The van der Waals surface area contributed by atoms with Crippen molar-refractivity contribution in [3.05, 3.63) is 71.4 Å². The van der Waals surface area contributed by atoms with Crippen molar-refractivity contribution in [1.29, 1.82) is 0 Å². The predicted molar refractivity (Wildman–Crippen MR) is 113 cm³/mol. The smallest absolute Gasteiger partial charge is 0.163 e. The van der Waals surface area contributed by atoms with Gasteiger partial charge < -0.3 is 24.6 Å². The summed E-state index contributed by atoms with van der Waals surface area (Å²) in [6, 6.07) is 16.7. The van der Waals surface area contributed by atoms with Crippen molar-refractivity contribution < 1.29 is 20.1 Å².